The van der Waals surface area contributed by atoms with Crippen LogP contribution in [0.1, 0.15) is 58.3 Å². The van der Waals surface area contributed by atoms with Crippen molar-refractivity contribution in [2.24, 2.45) is 0 Å². The predicted octanol–water partition coefficient (Wildman–Crippen LogP) is 3.25. The van der Waals surface area contributed by atoms with E-state index < -0.39 is 36.7 Å². The van der Waals surface area contributed by atoms with Crippen molar-refractivity contribution in [3.63, 3.8) is 0 Å². The molecule has 33 heavy (non-hydrogen) atoms. The van der Waals surface area contributed by atoms with E-state index in [-0.39, 0.29) is 13.0 Å². The third-order valence-electron chi connectivity index (χ3n) is 5.08. The minimum atomic E-state index is -2.25. The third kappa shape index (κ3) is 12.1. The number of aliphatic hydroxyl groups is 4. The van der Waals surface area contributed by atoms with Gasteiger partial charge in [-0.15, -0.1) is 0 Å². The standard InChI is InChI=1S/C26H40O7/c1-2-3-4-5-6-7-8-9-10-11-12-13-14-15-16-17-18-19-23(28)33-22-20-32-26(31,21-27)25(30)24(22)29/h3-4,6-7,9-10,12-13,15-16,22,24-25,27,29-31H,2,5,8,11,14,17-21H2,1H3/b4-3-,7-6-,10-9-,13-12-,16-15-. The molecule has 1 heterocycles. The molecule has 0 aromatic carbocycles. The number of esters is 1. The van der Waals surface area contributed by atoms with Gasteiger partial charge in [0.05, 0.1) is 13.2 Å². The minimum Gasteiger partial charge on any atom is -0.457 e. The van der Waals surface area contributed by atoms with Crippen molar-refractivity contribution < 1.29 is 34.7 Å². The molecular formula is C26H40O7. The van der Waals surface area contributed by atoms with Gasteiger partial charge in [-0.25, -0.2) is 0 Å². The minimum absolute atomic E-state index is 0.165. The molecule has 0 aromatic heterocycles. The number of hydrogen-bond acceptors (Lipinski definition) is 7. The van der Waals surface area contributed by atoms with Crippen LogP contribution < -0.4 is 0 Å². The van der Waals surface area contributed by atoms with Crippen molar-refractivity contribution in [1.82, 2.24) is 0 Å². The highest BCUT2D eigenvalue weighted by molar-refractivity contribution is 5.69. The Morgan fingerprint density at radius 1 is 0.939 bits per heavy atom. The number of allylic oxidation sites excluding steroid dienone is 10. The van der Waals surface area contributed by atoms with Gasteiger partial charge in [0.15, 0.2) is 6.10 Å². The van der Waals surface area contributed by atoms with Gasteiger partial charge >= 0.3 is 5.97 Å². The topological polar surface area (TPSA) is 116 Å². The number of aliphatic hydroxyl groups excluding tert-OH is 3. The van der Waals surface area contributed by atoms with Crippen molar-refractivity contribution >= 4 is 5.97 Å². The summed E-state index contributed by atoms with van der Waals surface area (Å²) in [5.74, 6) is -2.77. The maximum absolute atomic E-state index is 11.9. The van der Waals surface area contributed by atoms with Gasteiger partial charge in [0, 0.05) is 6.42 Å². The second kappa shape index (κ2) is 17.4. The largest absolute Gasteiger partial charge is 0.457 e. The summed E-state index contributed by atoms with van der Waals surface area (Å²) in [4.78, 5) is 11.9. The Hall–Kier alpha value is -2.03. The monoisotopic (exact) mass is 464 g/mol. The first-order valence-corrected chi connectivity index (χ1v) is 11.7. The van der Waals surface area contributed by atoms with Gasteiger partial charge in [0.1, 0.15) is 12.2 Å². The quantitative estimate of drug-likeness (QED) is 0.167. The maximum Gasteiger partial charge on any atom is 0.306 e. The highest BCUT2D eigenvalue weighted by Crippen LogP contribution is 2.25. The Morgan fingerprint density at radius 3 is 1.97 bits per heavy atom. The first kappa shape index (κ1) is 29.0. The zero-order chi connectivity index (χ0) is 24.4. The fourth-order valence-corrected chi connectivity index (χ4v) is 3.08. The van der Waals surface area contributed by atoms with E-state index in [1.807, 2.05) is 12.2 Å². The van der Waals surface area contributed by atoms with Crippen molar-refractivity contribution in [3.8, 4) is 0 Å². The van der Waals surface area contributed by atoms with E-state index in [1.54, 1.807) is 0 Å². The molecule has 0 amide bonds. The summed E-state index contributed by atoms with van der Waals surface area (Å²) in [5.41, 5.74) is 0. The number of rotatable bonds is 15. The highest BCUT2D eigenvalue weighted by atomic mass is 16.7. The van der Waals surface area contributed by atoms with Crippen molar-refractivity contribution in [1.29, 1.82) is 0 Å². The smallest absolute Gasteiger partial charge is 0.306 e. The van der Waals surface area contributed by atoms with Crippen LogP contribution in [0, 0.1) is 0 Å². The lowest BCUT2D eigenvalue weighted by Crippen LogP contribution is -2.63. The van der Waals surface area contributed by atoms with Gasteiger partial charge in [0.25, 0.3) is 0 Å². The van der Waals surface area contributed by atoms with Gasteiger partial charge in [-0.2, -0.15) is 0 Å². The zero-order valence-electron chi connectivity index (χ0n) is 19.6. The molecule has 0 aromatic rings. The van der Waals surface area contributed by atoms with Crippen LogP contribution in [0.2, 0.25) is 0 Å². The van der Waals surface area contributed by atoms with Gasteiger partial charge in [-0.3, -0.25) is 4.79 Å². The van der Waals surface area contributed by atoms with Gasteiger partial charge in [-0.05, 0) is 44.9 Å². The molecule has 4 N–H and O–H groups in total. The molecule has 0 radical (unpaired) electrons. The van der Waals surface area contributed by atoms with E-state index in [0.717, 1.165) is 38.5 Å². The molecule has 1 aliphatic rings. The second-order valence-corrected chi connectivity index (χ2v) is 7.88. The van der Waals surface area contributed by atoms with Crippen LogP contribution in [0.5, 0.6) is 0 Å². The number of unbranched alkanes of at least 4 members (excludes halogenated alkanes) is 1. The maximum atomic E-state index is 11.9. The molecule has 1 aliphatic heterocycles. The molecule has 1 rings (SSSR count). The van der Waals surface area contributed by atoms with E-state index in [4.69, 9.17) is 14.6 Å². The average Bonchev–Trinajstić information content (AvgIpc) is 2.81. The first-order valence-electron chi connectivity index (χ1n) is 11.7. The normalized spacial score (nSPS) is 26.5. The molecule has 1 saturated heterocycles. The van der Waals surface area contributed by atoms with Gasteiger partial charge in [-0.1, -0.05) is 67.7 Å². The van der Waals surface area contributed by atoms with Gasteiger partial charge < -0.3 is 29.9 Å². The van der Waals surface area contributed by atoms with Crippen LogP contribution in [-0.2, 0) is 14.3 Å². The zero-order valence-corrected chi connectivity index (χ0v) is 19.6. The van der Waals surface area contributed by atoms with Crippen LogP contribution in [0.4, 0.5) is 0 Å². The number of carbonyl (C=O) groups is 1. The lowest BCUT2D eigenvalue weighted by Gasteiger charge is -2.41. The van der Waals surface area contributed by atoms with E-state index in [0.29, 0.717) is 6.42 Å². The third-order valence-corrected chi connectivity index (χ3v) is 5.08. The molecule has 0 spiro atoms. The number of ether oxygens (including phenoxy) is 2. The van der Waals surface area contributed by atoms with Crippen molar-refractivity contribution in [3.05, 3.63) is 60.8 Å². The van der Waals surface area contributed by atoms with Crippen LogP contribution >= 0.6 is 0 Å². The van der Waals surface area contributed by atoms with Crippen molar-refractivity contribution in [2.75, 3.05) is 13.2 Å². The molecule has 0 bridgehead atoms. The molecule has 7 nitrogen and oxygen atoms in total. The average molecular weight is 465 g/mol. The summed E-state index contributed by atoms with van der Waals surface area (Å²) < 4.78 is 10.1. The summed E-state index contributed by atoms with van der Waals surface area (Å²) in [6.45, 7) is 0.944. The molecular weight excluding hydrogens is 424 g/mol. The van der Waals surface area contributed by atoms with E-state index >= 15 is 0 Å². The molecule has 0 saturated carbocycles. The fraction of sp³-hybridized carbons (Fsp3) is 0.577. The van der Waals surface area contributed by atoms with Crippen molar-refractivity contribution in [2.45, 2.75) is 82.4 Å². The van der Waals surface area contributed by atoms with Crippen LogP contribution in [0.25, 0.3) is 0 Å². The molecule has 1 fully saturated rings. The lowest BCUT2D eigenvalue weighted by molar-refractivity contribution is -0.332. The fourth-order valence-electron chi connectivity index (χ4n) is 3.08. The molecule has 4 atom stereocenters. The van der Waals surface area contributed by atoms with E-state index in [1.165, 1.54) is 0 Å². The number of carbonyl (C=O) groups excluding carboxylic acids is 1. The molecule has 0 aliphatic carbocycles. The Kier molecular flexibility index (Phi) is 15.3. The summed E-state index contributed by atoms with van der Waals surface area (Å²) in [5, 5.41) is 38.6. The predicted molar refractivity (Wildman–Crippen MR) is 128 cm³/mol. The SMILES string of the molecule is CC/C=C\C/C=C\C/C=C\C/C=C\C/C=C\CCCC(=O)OC1COC(O)(CO)C(O)C1O. The van der Waals surface area contributed by atoms with Crippen LogP contribution in [0.15, 0.2) is 60.8 Å². The molecule has 4 unspecified atom stereocenters. The Bertz CT molecular complexity index is 680. The summed E-state index contributed by atoms with van der Waals surface area (Å²) >= 11 is 0. The lowest BCUT2D eigenvalue weighted by atomic mass is 9.97. The summed E-state index contributed by atoms with van der Waals surface area (Å²) in [6.07, 6.45) is 23.1. The summed E-state index contributed by atoms with van der Waals surface area (Å²) in [6, 6.07) is 0. The number of hydrogen-bond donors (Lipinski definition) is 4. The molecule has 7 heteroatoms. The first-order chi connectivity index (χ1) is 15.9. The second-order valence-electron chi connectivity index (χ2n) is 7.88. The van der Waals surface area contributed by atoms with Crippen LogP contribution in [0.3, 0.4) is 0 Å². The Morgan fingerprint density at radius 2 is 1.45 bits per heavy atom. The Balaban J connectivity index is 2.09. The highest BCUT2D eigenvalue weighted by Gasteiger charge is 2.49. The Labute approximate surface area is 197 Å². The van der Waals surface area contributed by atoms with Crippen LogP contribution in [-0.4, -0.2) is 63.7 Å². The summed E-state index contributed by atoms with van der Waals surface area (Å²) in [7, 11) is 0. The van der Waals surface area contributed by atoms with Gasteiger partial charge in [0.2, 0.25) is 5.79 Å². The van der Waals surface area contributed by atoms with E-state index in [9.17, 15) is 20.1 Å². The van der Waals surface area contributed by atoms with E-state index in [2.05, 4.69) is 55.5 Å². The molecule has 186 valence electrons.